The smallest absolute Gasteiger partial charge is 0.406 e. The van der Waals surface area contributed by atoms with E-state index in [0.717, 1.165) is 4.88 Å². The minimum Gasteiger partial charge on any atom is -0.406 e. The number of ether oxygens (including phenoxy) is 1. The first-order chi connectivity index (χ1) is 8.85. The molecule has 0 unspecified atom stereocenters. The zero-order valence-corrected chi connectivity index (χ0v) is 11.0. The molecule has 0 fully saturated rings. The second kappa shape index (κ2) is 5.40. The van der Waals surface area contributed by atoms with Gasteiger partial charge in [-0.15, -0.1) is 24.5 Å². The molecule has 2 aromatic rings. The largest absolute Gasteiger partial charge is 0.573 e. The molecule has 1 heterocycles. The minimum atomic E-state index is -4.69. The van der Waals surface area contributed by atoms with Gasteiger partial charge in [0.15, 0.2) is 0 Å². The zero-order chi connectivity index (χ0) is 14.0. The molecule has 0 amide bonds. The molecule has 0 bridgehead atoms. The van der Waals surface area contributed by atoms with E-state index in [4.69, 9.17) is 17.3 Å². The maximum absolute atomic E-state index is 12.0. The molecule has 19 heavy (non-hydrogen) atoms. The Balaban J connectivity index is 2.14. The molecule has 0 radical (unpaired) electrons. The van der Waals surface area contributed by atoms with Gasteiger partial charge in [0, 0.05) is 4.88 Å². The van der Waals surface area contributed by atoms with Gasteiger partial charge in [0.25, 0.3) is 0 Å². The fourth-order valence-corrected chi connectivity index (χ4v) is 2.63. The van der Waals surface area contributed by atoms with E-state index in [9.17, 15) is 13.2 Å². The van der Waals surface area contributed by atoms with Crippen LogP contribution in [0, 0.1) is 0 Å². The highest BCUT2D eigenvalue weighted by Gasteiger charge is 2.31. The first kappa shape index (κ1) is 14.2. The maximum atomic E-state index is 12.0. The highest BCUT2D eigenvalue weighted by atomic mass is 35.5. The molecule has 2 N–H and O–H groups in total. The fourth-order valence-electron chi connectivity index (χ4n) is 1.54. The van der Waals surface area contributed by atoms with Gasteiger partial charge in [0.1, 0.15) is 5.75 Å². The molecule has 0 aliphatic rings. The van der Waals surface area contributed by atoms with Gasteiger partial charge in [-0.05, 0) is 29.8 Å². The lowest BCUT2D eigenvalue weighted by Gasteiger charge is -2.12. The van der Waals surface area contributed by atoms with E-state index in [1.54, 1.807) is 12.1 Å². The van der Waals surface area contributed by atoms with Crippen molar-refractivity contribution in [3.63, 3.8) is 0 Å². The minimum absolute atomic E-state index is 0.271. The summed E-state index contributed by atoms with van der Waals surface area (Å²) in [6.45, 7) is 0. The Labute approximate surface area is 116 Å². The highest BCUT2D eigenvalue weighted by molar-refractivity contribution is 7.16. The molecule has 0 saturated carbocycles. The van der Waals surface area contributed by atoms with Crippen molar-refractivity contribution in [1.82, 2.24) is 0 Å². The second-order valence-electron chi connectivity index (χ2n) is 3.74. The van der Waals surface area contributed by atoms with Crippen LogP contribution in [0.25, 0.3) is 0 Å². The van der Waals surface area contributed by atoms with Gasteiger partial charge in [-0.1, -0.05) is 23.7 Å². The van der Waals surface area contributed by atoms with Crippen LogP contribution in [0.5, 0.6) is 5.75 Å². The van der Waals surface area contributed by atoms with Crippen molar-refractivity contribution in [2.75, 3.05) is 0 Å². The van der Waals surface area contributed by atoms with Gasteiger partial charge in [0.05, 0.1) is 10.4 Å². The van der Waals surface area contributed by atoms with Gasteiger partial charge >= 0.3 is 6.36 Å². The number of benzene rings is 1. The molecule has 2 rings (SSSR count). The molecule has 1 aromatic carbocycles. The molecular weight excluding hydrogens is 299 g/mol. The topological polar surface area (TPSA) is 35.2 Å². The molecule has 2 nitrogen and oxygen atoms in total. The summed E-state index contributed by atoms with van der Waals surface area (Å²) in [5, 5.41) is 0. The molecule has 0 spiro atoms. The molecule has 7 heteroatoms. The van der Waals surface area contributed by atoms with Crippen molar-refractivity contribution >= 4 is 22.9 Å². The van der Waals surface area contributed by atoms with Crippen LogP contribution < -0.4 is 10.5 Å². The lowest BCUT2D eigenvalue weighted by Crippen LogP contribution is -2.17. The summed E-state index contributed by atoms with van der Waals surface area (Å²) in [6, 6.07) is 8.56. The molecule has 102 valence electrons. The average molecular weight is 308 g/mol. The number of alkyl halides is 3. The number of hydrogen-bond acceptors (Lipinski definition) is 3. The second-order valence-corrected chi connectivity index (χ2v) is 5.48. The number of nitrogens with two attached hydrogens (primary N) is 1. The van der Waals surface area contributed by atoms with E-state index in [1.165, 1.54) is 35.6 Å². The quantitative estimate of drug-likeness (QED) is 0.915. The van der Waals surface area contributed by atoms with Crippen LogP contribution in [0.15, 0.2) is 36.4 Å². The third kappa shape index (κ3) is 3.86. The Morgan fingerprint density at radius 3 is 2.21 bits per heavy atom. The van der Waals surface area contributed by atoms with Gasteiger partial charge in [-0.25, -0.2) is 0 Å². The predicted octanol–water partition coefficient (Wildman–Crippen LogP) is 4.35. The monoisotopic (exact) mass is 307 g/mol. The van der Waals surface area contributed by atoms with E-state index < -0.39 is 12.4 Å². The van der Waals surface area contributed by atoms with Crippen LogP contribution in [0.1, 0.15) is 16.5 Å². The van der Waals surface area contributed by atoms with Gasteiger partial charge in [-0.2, -0.15) is 0 Å². The van der Waals surface area contributed by atoms with Crippen LogP contribution in [-0.4, -0.2) is 6.36 Å². The number of halogens is 4. The van der Waals surface area contributed by atoms with E-state index >= 15 is 0 Å². The molecule has 0 saturated heterocycles. The first-order valence-corrected chi connectivity index (χ1v) is 6.41. The van der Waals surface area contributed by atoms with E-state index in [-0.39, 0.29) is 5.75 Å². The normalized spacial score (nSPS) is 13.3. The number of hydrogen-bond donors (Lipinski definition) is 1. The van der Waals surface area contributed by atoms with Crippen LogP contribution >= 0.6 is 22.9 Å². The summed E-state index contributed by atoms with van der Waals surface area (Å²) in [4.78, 5) is 0.842. The fraction of sp³-hybridized carbons (Fsp3) is 0.167. The summed E-state index contributed by atoms with van der Waals surface area (Å²) in [5.74, 6) is -0.271. The van der Waals surface area contributed by atoms with Gasteiger partial charge < -0.3 is 10.5 Å². The van der Waals surface area contributed by atoms with E-state index in [2.05, 4.69) is 4.74 Å². The van der Waals surface area contributed by atoms with Crippen molar-refractivity contribution in [2.24, 2.45) is 5.73 Å². The summed E-state index contributed by atoms with van der Waals surface area (Å²) < 4.78 is 40.4. The summed E-state index contributed by atoms with van der Waals surface area (Å²) in [7, 11) is 0. The van der Waals surface area contributed by atoms with Crippen molar-refractivity contribution in [2.45, 2.75) is 12.4 Å². The van der Waals surface area contributed by atoms with Crippen molar-refractivity contribution in [1.29, 1.82) is 0 Å². The molecule has 0 aliphatic heterocycles. The zero-order valence-electron chi connectivity index (χ0n) is 9.45. The SMILES string of the molecule is N[C@H](c1ccc(OC(F)(F)F)cc1)c1ccc(Cl)s1. The van der Waals surface area contributed by atoms with Crippen LogP contribution in [0.3, 0.4) is 0 Å². The highest BCUT2D eigenvalue weighted by Crippen LogP contribution is 2.30. The Kier molecular flexibility index (Phi) is 4.03. The van der Waals surface area contributed by atoms with Crippen LogP contribution in [0.2, 0.25) is 4.34 Å². The summed E-state index contributed by atoms with van der Waals surface area (Å²) in [5.41, 5.74) is 6.68. The van der Waals surface area contributed by atoms with E-state index in [0.29, 0.717) is 9.90 Å². The maximum Gasteiger partial charge on any atom is 0.573 e. The Morgan fingerprint density at radius 1 is 1.11 bits per heavy atom. The summed E-state index contributed by atoms with van der Waals surface area (Å²) >= 11 is 7.14. The van der Waals surface area contributed by atoms with Crippen LogP contribution in [-0.2, 0) is 0 Å². The third-order valence-electron chi connectivity index (χ3n) is 2.37. The van der Waals surface area contributed by atoms with Crippen molar-refractivity contribution < 1.29 is 17.9 Å². The Morgan fingerprint density at radius 2 is 1.74 bits per heavy atom. The number of rotatable bonds is 3. The lowest BCUT2D eigenvalue weighted by molar-refractivity contribution is -0.274. The molecule has 0 aliphatic carbocycles. The standard InChI is InChI=1S/C12H9ClF3NOS/c13-10-6-5-9(19-10)11(17)7-1-3-8(4-2-7)18-12(14,15)16/h1-6,11H,17H2/t11-/m1/s1. The lowest BCUT2D eigenvalue weighted by atomic mass is 10.1. The van der Waals surface area contributed by atoms with Gasteiger partial charge in [-0.3, -0.25) is 0 Å². The van der Waals surface area contributed by atoms with Gasteiger partial charge in [0.2, 0.25) is 0 Å². The van der Waals surface area contributed by atoms with Crippen LogP contribution in [0.4, 0.5) is 13.2 Å². The third-order valence-corrected chi connectivity index (χ3v) is 3.69. The molecular formula is C12H9ClF3NOS. The Bertz CT molecular complexity index is 553. The van der Waals surface area contributed by atoms with E-state index in [1.807, 2.05) is 0 Å². The first-order valence-electron chi connectivity index (χ1n) is 5.22. The predicted molar refractivity (Wildman–Crippen MR) is 68.5 cm³/mol. The Hall–Kier alpha value is -1.24. The summed E-state index contributed by atoms with van der Waals surface area (Å²) in [6.07, 6.45) is -4.69. The average Bonchev–Trinajstić information content (AvgIpc) is 2.74. The van der Waals surface area contributed by atoms with Crippen molar-refractivity contribution in [3.8, 4) is 5.75 Å². The number of thiophene rings is 1. The molecule has 1 atom stereocenters. The molecule has 1 aromatic heterocycles. The van der Waals surface area contributed by atoms with Crippen molar-refractivity contribution in [3.05, 3.63) is 51.2 Å².